The molecule has 0 atom stereocenters. The Morgan fingerprint density at radius 3 is 2.71 bits per heavy atom. The van der Waals surface area contributed by atoms with Crippen LogP contribution in [0.2, 0.25) is 0 Å². The predicted molar refractivity (Wildman–Crippen MR) is 84.4 cm³/mol. The van der Waals surface area contributed by atoms with Crippen LogP contribution in [0.15, 0.2) is 5.38 Å². The number of hydrogen-bond donors (Lipinski definition) is 1. The van der Waals surface area contributed by atoms with Gasteiger partial charge in [-0.15, -0.1) is 11.3 Å². The highest BCUT2D eigenvalue weighted by Crippen LogP contribution is 2.31. The van der Waals surface area contributed by atoms with E-state index in [1.54, 1.807) is 18.3 Å². The van der Waals surface area contributed by atoms with Crippen LogP contribution in [0.4, 0.5) is 5.13 Å². The van der Waals surface area contributed by atoms with E-state index in [2.05, 4.69) is 9.88 Å². The minimum Gasteiger partial charge on any atom is -0.378 e. The van der Waals surface area contributed by atoms with Crippen molar-refractivity contribution in [3.05, 3.63) is 22.2 Å². The first-order valence-electron chi connectivity index (χ1n) is 7.06. The molecule has 0 amide bonds. The quantitative estimate of drug-likeness (QED) is 0.886. The number of anilines is 1. The van der Waals surface area contributed by atoms with E-state index in [1.165, 1.54) is 0 Å². The fraction of sp³-hybridized carbons (Fsp3) is 0.467. The number of Topliss-reactive ketones (excluding diaryl/α,β-unsaturated/α-hetero) is 1. The van der Waals surface area contributed by atoms with Gasteiger partial charge < -0.3 is 14.6 Å². The molecular formula is C15H19N3O2S. The molecule has 1 N–H and O–H groups in total. The zero-order valence-electron chi connectivity index (χ0n) is 12.5. The normalized spacial score (nSPS) is 15.5. The first kappa shape index (κ1) is 14.3. The molecular weight excluding hydrogens is 286 g/mol. The van der Waals surface area contributed by atoms with Crippen molar-refractivity contribution in [1.82, 2.24) is 9.97 Å². The predicted octanol–water partition coefficient (Wildman–Crippen LogP) is 2.79. The summed E-state index contributed by atoms with van der Waals surface area (Å²) in [6, 6.07) is 0. The van der Waals surface area contributed by atoms with Crippen LogP contribution >= 0.6 is 11.3 Å². The zero-order chi connectivity index (χ0) is 15.0. The van der Waals surface area contributed by atoms with Gasteiger partial charge in [0.1, 0.15) is 5.69 Å². The summed E-state index contributed by atoms with van der Waals surface area (Å²) >= 11 is 1.64. The van der Waals surface area contributed by atoms with Crippen LogP contribution in [0.3, 0.4) is 0 Å². The number of aryl methyl sites for hydroxylation is 1. The van der Waals surface area contributed by atoms with Crippen molar-refractivity contribution in [2.45, 2.75) is 20.8 Å². The number of carbonyl (C=O) groups excluding carboxylic acids is 1. The summed E-state index contributed by atoms with van der Waals surface area (Å²) in [5, 5.41) is 3.07. The molecule has 0 aromatic carbocycles. The number of aromatic nitrogens is 2. The Balaban J connectivity index is 1.93. The third-order valence-corrected chi connectivity index (χ3v) is 4.72. The fourth-order valence-electron chi connectivity index (χ4n) is 2.81. The summed E-state index contributed by atoms with van der Waals surface area (Å²) in [4.78, 5) is 22.0. The van der Waals surface area contributed by atoms with Crippen molar-refractivity contribution >= 4 is 22.3 Å². The number of hydrogen-bond acceptors (Lipinski definition) is 5. The third kappa shape index (κ3) is 2.61. The molecule has 3 heterocycles. The largest absolute Gasteiger partial charge is 0.378 e. The maximum atomic E-state index is 11.7. The third-order valence-electron chi connectivity index (χ3n) is 3.82. The molecule has 112 valence electrons. The molecule has 5 nitrogen and oxygen atoms in total. The molecule has 1 aliphatic heterocycles. The second-order valence-electron chi connectivity index (χ2n) is 5.30. The van der Waals surface area contributed by atoms with Crippen molar-refractivity contribution in [3.63, 3.8) is 0 Å². The SMILES string of the molecule is CC(=O)c1c(C)[nH]c(-c2csc(N3CCOCC3)n2)c1C. The molecule has 6 heteroatoms. The molecule has 1 saturated heterocycles. The summed E-state index contributed by atoms with van der Waals surface area (Å²) in [6.07, 6.45) is 0. The Kier molecular flexibility index (Phi) is 3.82. The van der Waals surface area contributed by atoms with Gasteiger partial charge in [-0.25, -0.2) is 4.98 Å². The number of H-pyrrole nitrogens is 1. The van der Waals surface area contributed by atoms with Gasteiger partial charge in [0, 0.05) is 29.7 Å². The number of nitrogens with one attached hydrogen (secondary N) is 1. The average molecular weight is 305 g/mol. The topological polar surface area (TPSA) is 58.2 Å². The van der Waals surface area contributed by atoms with Gasteiger partial charge in [0.05, 0.1) is 18.9 Å². The summed E-state index contributed by atoms with van der Waals surface area (Å²) in [7, 11) is 0. The minimum atomic E-state index is 0.0936. The molecule has 21 heavy (non-hydrogen) atoms. The van der Waals surface area contributed by atoms with Gasteiger partial charge in [-0.05, 0) is 26.3 Å². The number of morpholine rings is 1. The van der Waals surface area contributed by atoms with Gasteiger partial charge in [0.25, 0.3) is 0 Å². The molecule has 0 aliphatic carbocycles. The first-order chi connectivity index (χ1) is 10.1. The van der Waals surface area contributed by atoms with Crippen LogP contribution in [0.25, 0.3) is 11.4 Å². The van der Waals surface area contributed by atoms with Crippen molar-refractivity contribution in [2.24, 2.45) is 0 Å². The highest BCUT2D eigenvalue weighted by molar-refractivity contribution is 7.14. The highest BCUT2D eigenvalue weighted by Gasteiger charge is 2.20. The van der Waals surface area contributed by atoms with Crippen molar-refractivity contribution in [3.8, 4) is 11.4 Å². The van der Waals surface area contributed by atoms with E-state index in [0.717, 1.165) is 59.6 Å². The van der Waals surface area contributed by atoms with E-state index >= 15 is 0 Å². The maximum Gasteiger partial charge on any atom is 0.186 e. The number of ketones is 1. The van der Waals surface area contributed by atoms with Gasteiger partial charge in [0.2, 0.25) is 0 Å². The fourth-order valence-corrected chi connectivity index (χ4v) is 3.68. The van der Waals surface area contributed by atoms with E-state index in [9.17, 15) is 4.79 Å². The number of aromatic amines is 1. The second kappa shape index (κ2) is 5.61. The molecule has 3 rings (SSSR count). The molecule has 0 saturated carbocycles. The number of ether oxygens (including phenoxy) is 1. The van der Waals surface area contributed by atoms with Crippen LogP contribution < -0.4 is 4.90 Å². The van der Waals surface area contributed by atoms with Crippen LogP contribution in [0.5, 0.6) is 0 Å². The van der Waals surface area contributed by atoms with E-state index < -0.39 is 0 Å². The summed E-state index contributed by atoms with van der Waals surface area (Å²) < 4.78 is 5.37. The number of nitrogens with zero attached hydrogens (tertiary/aromatic N) is 2. The standard InChI is InChI=1S/C15H19N3O2S/c1-9-13(11(3)19)10(2)16-14(9)12-8-21-15(17-12)18-4-6-20-7-5-18/h8,16H,4-7H2,1-3H3. The van der Waals surface area contributed by atoms with Crippen LogP contribution in [-0.2, 0) is 4.74 Å². The molecule has 1 fully saturated rings. The Hall–Kier alpha value is -1.66. The molecule has 0 spiro atoms. The molecule has 0 radical (unpaired) electrons. The van der Waals surface area contributed by atoms with Gasteiger partial charge in [-0.1, -0.05) is 0 Å². The lowest BCUT2D eigenvalue weighted by Crippen LogP contribution is -2.36. The lowest BCUT2D eigenvalue weighted by molar-refractivity contribution is 0.101. The van der Waals surface area contributed by atoms with E-state index in [-0.39, 0.29) is 5.78 Å². The summed E-state index contributed by atoms with van der Waals surface area (Å²) in [5.74, 6) is 0.0936. The Labute approximate surface area is 128 Å². The number of carbonyl (C=O) groups is 1. The van der Waals surface area contributed by atoms with Crippen LogP contribution in [-0.4, -0.2) is 42.1 Å². The Bertz CT molecular complexity index is 669. The molecule has 2 aromatic rings. The van der Waals surface area contributed by atoms with E-state index in [4.69, 9.17) is 9.72 Å². The molecule has 0 bridgehead atoms. The number of thiazole rings is 1. The van der Waals surface area contributed by atoms with Crippen LogP contribution in [0.1, 0.15) is 28.5 Å². The van der Waals surface area contributed by atoms with Gasteiger partial charge >= 0.3 is 0 Å². The van der Waals surface area contributed by atoms with Crippen LogP contribution in [0, 0.1) is 13.8 Å². The second-order valence-corrected chi connectivity index (χ2v) is 6.13. The lowest BCUT2D eigenvalue weighted by Gasteiger charge is -2.25. The first-order valence-corrected chi connectivity index (χ1v) is 7.94. The van der Waals surface area contributed by atoms with Crippen molar-refractivity contribution in [1.29, 1.82) is 0 Å². The maximum absolute atomic E-state index is 11.7. The summed E-state index contributed by atoms with van der Waals surface area (Å²) in [6.45, 7) is 8.79. The smallest absolute Gasteiger partial charge is 0.186 e. The molecule has 1 aliphatic rings. The molecule has 0 unspecified atom stereocenters. The van der Waals surface area contributed by atoms with Gasteiger partial charge in [-0.2, -0.15) is 0 Å². The zero-order valence-corrected chi connectivity index (χ0v) is 13.3. The van der Waals surface area contributed by atoms with E-state index in [1.807, 2.05) is 19.2 Å². The van der Waals surface area contributed by atoms with Gasteiger partial charge in [0.15, 0.2) is 10.9 Å². The highest BCUT2D eigenvalue weighted by atomic mass is 32.1. The number of rotatable bonds is 3. The lowest BCUT2D eigenvalue weighted by atomic mass is 10.1. The van der Waals surface area contributed by atoms with Gasteiger partial charge in [-0.3, -0.25) is 4.79 Å². The Morgan fingerprint density at radius 2 is 2.10 bits per heavy atom. The average Bonchev–Trinajstić information content (AvgIpc) is 3.04. The van der Waals surface area contributed by atoms with Crippen molar-refractivity contribution in [2.75, 3.05) is 31.2 Å². The van der Waals surface area contributed by atoms with Crippen molar-refractivity contribution < 1.29 is 9.53 Å². The summed E-state index contributed by atoms with van der Waals surface area (Å²) in [5.41, 5.74) is 4.55. The minimum absolute atomic E-state index is 0.0936. The Morgan fingerprint density at radius 1 is 1.38 bits per heavy atom. The molecule has 2 aromatic heterocycles. The van der Waals surface area contributed by atoms with E-state index in [0.29, 0.717) is 0 Å². The monoisotopic (exact) mass is 305 g/mol.